The van der Waals surface area contributed by atoms with Crippen molar-refractivity contribution in [2.24, 2.45) is 0 Å². The first-order valence-corrected chi connectivity index (χ1v) is 12.3. The lowest BCUT2D eigenvalue weighted by Gasteiger charge is -2.37. The molecule has 3 atom stereocenters. The zero-order valence-electron chi connectivity index (χ0n) is 20.8. The lowest BCUT2D eigenvalue weighted by atomic mass is 9.99. The molecular weight excluding hydrogens is 460 g/mol. The second-order valence-corrected chi connectivity index (χ2v) is 9.13. The third-order valence-electron chi connectivity index (χ3n) is 6.06. The molecule has 0 bridgehead atoms. The summed E-state index contributed by atoms with van der Waals surface area (Å²) in [5.41, 5.74) is 3.29. The molecule has 0 radical (unpaired) electrons. The maximum atomic E-state index is 12.3. The monoisotopic (exact) mass is 496 g/mol. The second kappa shape index (κ2) is 13.9. The SMILES string of the molecule is C=CCN(C)C[C@@H]1C[C@H](c2ccc(CO)cc2)O[C@H](c2cccc(NC(=O)CCCCC(=O)O)c2)O1. The topological polar surface area (TPSA) is 108 Å². The van der Waals surface area contributed by atoms with Crippen LogP contribution in [0.5, 0.6) is 0 Å². The molecular formula is C28H36N2O6. The van der Waals surface area contributed by atoms with Gasteiger partial charge in [0.05, 0.1) is 18.8 Å². The Morgan fingerprint density at radius 1 is 1.11 bits per heavy atom. The van der Waals surface area contributed by atoms with Crippen LogP contribution in [0, 0.1) is 0 Å². The molecule has 2 aromatic carbocycles. The van der Waals surface area contributed by atoms with Gasteiger partial charge in [-0.3, -0.25) is 9.59 Å². The number of carbonyl (C=O) groups is 2. The Kier molecular flexibility index (Phi) is 10.6. The molecule has 3 rings (SSSR count). The molecule has 0 spiro atoms. The molecule has 3 N–H and O–H groups in total. The zero-order chi connectivity index (χ0) is 25.9. The van der Waals surface area contributed by atoms with E-state index in [0.29, 0.717) is 31.5 Å². The molecule has 1 aliphatic rings. The Labute approximate surface area is 212 Å². The van der Waals surface area contributed by atoms with Gasteiger partial charge >= 0.3 is 5.97 Å². The quantitative estimate of drug-likeness (QED) is 0.278. The van der Waals surface area contributed by atoms with Gasteiger partial charge in [0, 0.05) is 43.6 Å². The number of anilines is 1. The summed E-state index contributed by atoms with van der Waals surface area (Å²) in [6.07, 6.45) is 2.96. The molecule has 1 aliphatic heterocycles. The number of carbonyl (C=O) groups excluding carboxylic acids is 1. The van der Waals surface area contributed by atoms with Gasteiger partial charge < -0.3 is 29.9 Å². The molecule has 36 heavy (non-hydrogen) atoms. The van der Waals surface area contributed by atoms with Crippen molar-refractivity contribution in [1.82, 2.24) is 4.90 Å². The zero-order valence-corrected chi connectivity index (χ0v) is 20.8. The number of ether oxygens (including phenoxy) is 2. The van der Waals surface area contributed by atoms with E-state index in [1.165, 1.54) is 0 Å². The van der Waals surface area contributed by atoms with Crippen LogP contribution in [0.25, 0.3) is 0 Å². The molecule has 1 fully saturated rings. The summed E-state index contributed by atoms with van der Waals surface area (Å²) >= 11 is 0. The smallest absolute Gasteiger partial charge is 0.303 e. The average Bonchev–Trinajstić information content (AvgIpc) is 2.86. The first-order chi connectivity index (χ1) is 17.4. The largest absolute Gasteiger partial charge is 0.481 e. The number of nitrogens with zero attached hydrogens (tertiary/aromatic N) is 1. The van der Waals surface area contributed by atoms with E-state index in [2.05, 4.69) is 16.8 Å². The summed E-state index contributed by atoms with van der Waals surface area (Å²) in [5, 5.41) is 21.0. The van der Waals surface area contributed by atoms with Gasteiger partial charge in [0.15, 0.2) is 6.29 Å². The Hall–Kier alpha value is -3.04. The van der Waals surface area contributed by atoms with Crippen molar-refractivity contribution < 1.29 is 29.3 Å². The number of hydrogen-bond acceptors (Lipinski definition) is 6. The van der Waals surface area contributed by atoms with Crippen LogP contribution in [-0.2, 0) is 25.7 Å². The highest BCUT2D eigenvalue weighted by Gasteiger charge is 2.32. The number of amides is 1. The lowest BCUT2D eigenvalue weighted by Crippen LogP contribution is -2.37. The highest BCUT2D eigenvalue weighted by molar-refractivity contribution is 5.90. The van der Waals surface area contributed by atoms with Crippen molar-refractivity contribution in [2.75, 3.05) is 25.5 Å². The molecule has 0 aliphatic carbocycles. The second-order valence-electron chi connectivity index (χ2n) is 9.13. The maximum absolute atomic E-state index is 12.3. The summed E-state index contributed by atoms with van der Waals surface area (Å²) in [6.45, 7) is 5.26. The van der Waals surface area contributed by atoms with Gasteiger partial charge in [0.1, 0.15) is 0 Å². The van der Waals surface area contributed by atoms with Crippen LogP contribution < -0.4 is 5.32 Å². The molecule has 8 nitrogen and oxygen atoms in total. The number of hydrogen-bond donors (Lipinski definition) is 3. The van der Waals surface area contributed by atoms with E-state index in [1.54, 1.807) is 0 Å². The minimum atomic E-state index is -0.854. The molecule has 2 aromatic rings. The van der Waals surface area contributed by atoms with Gasteiger partial charge in [-0.05, 0) is 43.1 Å². The standard InChI is InChI=1S/C28H36N2O6/c1-3-15-30(2)18-24-17-25(21-13-11-20(19-31)12-14-21)36-28(35-24)22-7-6-8-23(16-22)29-26(32)9-4-5-10-27(33)34/h3,6-8,11-14,16,24-25,28,31H,1,4-5,9-10,15,17-19H2,2H3,(H,29,32)(H,33,34)/t24-,25+,28+/m0/s1. The van der Waals surface area contributed by atoms with Crippen molar-refractivity contribution in [3.63, 3.8) is 0 Å². The number of benzene rings is 2. The Morgan fingerprint density at radius 2 is 1.86 bits per heavy atom. The Bertz CT molecular complexity index is 1010. The molecule has 8 heteroatoms. The predicted molar refractivity (Wildman–Crippen MR) is 137 cm³/mol. The first kappa shape index (κ1) is 27.5. The highest BCUT2D eigenvalue weighted by atomic mass is 16.7. The number of aliphatic hydroxyl groups is 1. The number of likely N-dealkylation sites (N-methyl/N-ethyl adjacent to an activating group) is 1. The number of carboxylic acid groups (broad SMARTS) is 1. The van der Waals surface area contributed by atoms with Crippen molar-refractivity contribution >= 4 is 17.6 Å². The van der Waals surface area contributed by atoms with E-state index in [9.17, 15) is 14.7 Å². The molecule has 1 amide bonds. The van der Waals surface area contributed by atoms with Crippen molar-refractivity contribution in [2.45, 2.75) is 57.2 Å². The Balaban J connectivity index is 1.71. The van der Waals surface area contributed by atoms with Crippen LogP contribution >= 0.6 is 0 Å². The Morgan fingerprint density at radius 3 is 2.56 bits per heavy atom. The van der Waals surface area contributed by atoms with Gasteiger partial charge in [-0.2, -0.15) is 0 Å². The molecule has 0 unspecified atom stereocenters. The maximum Gasteiger partial charge on any atom is 0.303 e. The van der Waals surface area contributed by atoms with E-state index >= 15 is 0 Å². The van der Waals surface area contributed by atoms with Crippen LogP contribution in [0.2, 0.25) is 0 Å². The van der Waals surface area contributed by atoms with Crippen LogP contribution in [0.4, 0.5) is 5.69 Å². The third-order valence-corrected chi connectivity index (χ3v) is 6.06. The van der Waals surface area contributed by atoms with Crippen molar-refractivity contribution in [3.8, 4) is 0 Å². The summed E-state index contributed by atoms with van der Waals surface area (Å²) in [4.78, 5) is 25.1. The summed E-state index contributed by atoms with van der Waals surface area (Å²) in [7, 11) is 2.02. The van der Waals surface area contributed by atoms with Crippen LogP contribution in [0.15, 0.2) is 61.2 Å². The lowest BCUT2D eigenvalue weighted by molar-refractivity contribution is -0.252. The van der Waals surface area contributed by atoms with Gasteiger partial charge in [-0.1, -0.05) is 42.5 Å². The molecule has 0 saturated carbocycles. The number of unbranched alkanes of at least 4 members (excludes halogenated alkanes) is 1. The summed E-state index contributed by atoms with van der Waals surface area (Å²) in [5.74, 6) is -1.01. The minimum Gasteiger partial charge on any atom is -0.481 e. The van der Waals surface area contributed by atoms with Crippen LogP contribution in [0.3, 0.4) is 0 Å². The predicted octanol–water partition coefficient (Wildman–Crippen LogP) is 4.43. The number of carboxylic acids is 1. The average molecular weight is 497 g/mol. The number of aliphatic carboxylic acids is 1. The number of nitrogens with one attached hydrogen (secondary N) is 1. The van der Waals surface area contributed by atoms with E-state index in [4.69, 9.17) is 14.6 Å². The number of rotatable bonds is 13. The van der Waals surface area contributed by atoms with E-state index < -0.39 is 12.3 Å². The fourth-order valence-electron chi connectivity index (χ4n) is 4.22. The molecule has 1 saturated heterocycles. The van der Waals surface area contributed by atoms with Gasteiger partial charge in [-0.25, -0.2) is 0 Å². The minimum absolute atomic E-state index is 0.00934. The van der Waals surface area contributed by atoms with E-state index in [-0.39, 0.29) is 37.6 Å². The highest BCUT2D eigenvalue weighted by Crippen LogP contribution is 2.38. The fraction of sp³-hybridized carbons (Fsp3) is 0.429. The molecule has 194 valence electrons. The van der Waals surface area contributed by atoms with Crippen molar-refractivity contribution in [3.05, 3.63) is 77.9 Å². The van der Waals surface area contributed by atoms with Gasteiger partial charge in [-0.15, -0.1) is 6.58 Å². The third kappa shape index (κ3) is 8.57. The fourth-order valence-corrected chi connectivity index (χ4v) is 4.22. The van der Waals surface area contributed by atoms with Crippen LogP contribution in [0.1, 0.15) is 61.2 Å². The van der Waals surface area contributed by atoms with E-state index in [1.807, 2.05) is 61.7 Å². The van der Waals surface area contributed by atoms with Gasteiger partial charge in [0.2, 0.25) is 5.91 Å². The van der Waals surface area contributed by atoms with Crippen molar-refractivity contribution in [1.29, 1.82) is 0 Å². The van der Waals surface area contributed by atoms with E-state index in [0.717, 1.165) is 23.2 Å². The first-order valence-electron chi connectivity index (χ1n) is 12.3. The van der Waals surface area contributed by atoms with Gasteiger partial charge in [0.25, 0.3) is 0 Å². The van der Waals surface area contributed by atoms with Crippen LogP contribution in [-0.4, -0.2) is 53.2 Å². The molecule has 1 heterocycles. The normalized spacial score (nSPS) is 19.7. The number of aliphatic hydroxyl groups excluding tert-OH is 1. The summed E-state index contributed by atoms with van der Waals surface area (Å²) in [6, 6.07) is 15.2. The summed E-state index contributed by atoms with van der Waals surface area (Å²) < 4.78 is 12.7. The molecule has 0 aromatic heterocycles.